The van der Waals surface area contributed by atoms with Crippen LogP contribution in [0.4, 0.5) is 10.2 Å². The molecule has 2 aromatic carbocycles. The Labute approximate surface area is 162 Å². The largest absolute Gasteiger partial charge is 0.348 e. The zero-order valence-electron chi connectivity index (χ0n) is 15.6. The van der Waals surface area contributed by atoms with Crippen LogP contribution in [-0.4, -0.2) is 23.8 Å². The van der Waals surface area contributed by atoms with Gasteiger partial charge in [-0.15, -0.1) is 0 Å². The van der Waals surface area contributed by atoms with Gasteiger partial charge >= 0.3 is 0 Å². The number of carbonyl (C=O) groups excluding carboxylic acids is 2. The fraction of sp³-hybridized carbons (Fsp3) is 0.136. The lowest BCUT2D eigenvalue weighted by Crippen LogP contribution is -2.30. The van der Waals surface area contributed by atoms with Crippen molar-refractivity contribution in [3.05, 3.63) is 83.7 Å². The van der Waals surface area contributed by atoms with E-state index in [0.29, 0.717) is 11.3 Å². The van der Waals surface area contributed by atoms with Gasteiger partial charge in [0.25, 0.3) is 5.91 Å². The molecule has 0 radical (unpaired) electrons. The molecule has 0 atom stereocenters. The highest BCUT2D eigenvalue weighted by Crippen LogP contribution is 2.24. The molecule has 0 saturated heterocycles. The molecule has 5 nitrogen and oxygen atoms in total. The first-order valence-electron chi connectivity index (χ1n) is 8.79. The van der Waals surface area contributed by atoms with Crippen molar-refractivity contribution >= 4 is 17.6 Å². The molecule has 3 aromatic rings. The van der Waals surface area contributed by atoms with E-state index in [1.54, 1.807) is 31.3 Å². The fourth-order valence-corrected chi connectivity index (χ4v) is 2.68. The number of nitrogens with one attached hydrogen (secondary N) is 1. The highest BCUT2D eigenvalue weighted by Gasteiger charge is 2.19. The smallest absolute Gasteiger partial charge is 0.255 e. The lowest BCUT2D eigenvalue weighted by atomic mass is 10.1. The van der Waals surface area contributed by atoms with E-state index in [1.807, 2.05) is 30.3 Å². The van der Waals surface area contributed by atoms with Crippen LogP contribution < -0.4 is 10.2 Å². The van der Waals surface area contributed by atoms with Gasteiger partial charge in [0, 0.05) is 26.1 Å². The van der Waals surface area contributed by atoms with Crippen LogP contribution in [0.2, 0.25) is 0 Å². The van der Waals surface area contributed by atoms with Crippen LogP contribution >= 0.6 is 0 Å². The lowest BCUT2D eigenvalue weighted by Gasteiger charge is -2.19. The summed E-state index contributed by atoms with van der Waals surface area (Å²) in [6.07, 6.45) is 0. The predicted molar refractivity (Wildman–Crippen MR) is 106 cm³/mol. The quantitative estimate of drug-likeness (QED) is 0.736. The van der Waals surface area contributed by atoms with Crippen molar-refractivity contribution in [2.75, 3.05) is 11.9 Å². The Bertz CT molecular complexity index is 988. The monoisotopic (exact) mass is 377 g/mol. The van der Waals surface area contributed by atoms with Gasteiger partial charge in [-0.3, -0.25) is 14.5 Å². The Kier molecular flexibility index (Phi) is 5.79. The Morgan fingerprint density at radius 2 is 1.68 bits per heavy atom. The molecule has 6 heteroatoms. The summed E-state index contributed by atoms with van der Waals surface area (Å²) in [4.78, 5) is 30.5. The number of hydrogen-bond donors (Lipinski definition) is 1. The maximum absolute atomic E-state index is 13.0. The van der Waals surface area contributed by atoms with Gasteiger partial charge in [0.15, 0.2) is 0 Å². The van der Waals surface area contributed by atoms with Gasteiger partial charge in [0.2, 0.25) is 5.91 Å². The number of halogens is 1. The number of aromatic nitrogens is 1. The number of nitrogens with zero attached hydrogens (tertiary/aromatic N) is 2. The van der Waals surface area contributed by atoms with Gasteiger partial charge in [-0.05, 0) is 29.8 Å². The predicted octanol–water partition coefficient (Wildman–Crippen LogP) is 3.80. The average Bonchev–Trinajstić information content (AvgIpc) is 2.72. The van der Waals surface area contributed by atoms with E-state index >= 15 is 0 Å². The van der Waals surface area contributed by atoms with Gasteiger partial charge in [0.1, 0.15) is 11.6 Å². The molecule has 0 spiro atoms. The van der Waals surface area contributed by atoms with Crippen molar-refractivity contribution < 1.29 is 14.0 Å². The van der Waals surface area contributed by atoms with Crippen molar-refractivity contribution in [2.24, 2.45) is 0 Å². The van der Waals surface area contributed by atoms with Crippen LogP contribution in [0.25, 0.3) is 11.3 Å². The Hall–Kier alpha value is -3.54. The second kappa shape index (κ2) is 8.43. The molecule has 28 heavy (non-hydrogen) atoms. The third-order valence-electron chi connectivity index (χ3n) is 4.35. The van der Waals surface area contributed by atoms with Crippen LogP contribution in [0.15, 0.2) is 66.7 Å². The van der Waals surface area contributed by atoms with Crippen LogP contribution in [0.3, 0.4) is 0 Å². The first-order chi connectivity index (χ1) is 13.5. The molecule has 0 saturated carbocycles. The minimum Gasteiger partial charge on any atom is -0.348 e. The maximum atomic E-state index is 13.0. The Morgan fingerprint density at radius 3 is 2.32 bits per heavy atom. The third-order valence-corrected chi connectivity index (χ3v) is 4.35. The summed E-state index contributed by atoms with van der Waals surface area (Å²) in [5.41, 5.74) is 2.61. The summed E-state index contributed by atoms with van der Waals surface area (Å²) in [6, 6.07) is 18.8. The van der Waals surface area contributed by atoms with E-state index in [0.717, 1.165) is 11.1 Å². The molecule has 0 unspecified atom stereocenters. The molecule has 142 valence electrons. The standard InChI is InChI=1S/C22H20FN3O2/c1-15(27)26(2)21-19(12-13-20(25-21)17-6-4-3-5-7-17)22(28)24-14-16-8-10-18(23)11-9-16/h3-13H,14H2,1-2H3,(H,24,28). The van der Waals surface area contributed by atoms with Crippen LogP contribution in [0, 0.1) is 5.82 Å². The van der Waals surface area contributed by atoms with Gasteiger partial charge in [-0.2, -0.15) is 0 Å². The third kappa shape index (κ3) is 4.40. The van der Waals surface area contributed by atoms with E-state index in [2.05, 4.69) is 10.3 Å². The van der Waals surface area contributed by atoms with Crippen molar-refractivity contribution in [3.63, 3.8) is 0 Å². The molecule has 0 bridgehead atoms. The molecule has 2 amide bonds. The first-order valence-corrected chi connectivity index (χ1v) is 8.79. The second-order valence-corrected chi connectivity index (χ2v) is 6.32. The number of carbonyl (C=O) groups is 2. The molecule has 0 aliphatic heterocycles. The molecule has 1 heterocycles. The van der Waals surface area contributed by atoms with Crippen molar-refractivity contribution in [1.29, 1.82) is 0 Å². The summed E-state index contributed by atoms with van der Waals surface area (Å²) in [7, 11) is 1.58. The molecule has 0 aliphatic rings. The van der Waals surface area contributed by atoms with Gasteiger partial charge in [0.05, 0.1) is 11.3 Å². The number of hydrogen-bond acceptors (Lipinski definition) is 3. The number of rotatable bonds is 5. The van der Waals surface area contributed by atoms with E-state index in [1.165, 1.54) is 24.0 Å². The summed E-state index contributed by atoms with van der Waals surface area (Å²) >= 11 is 0. The lowest BCUT2D eigenvalue weighted by molar-refractivity contribution is -0.116. The molecular weight excluding hydrogens is 357 g/mol. The Balaban J connectivity index is 1.89. The van der Waals surface area contributed by atoms with Gasteiger partial charge in [-0.25, -0.2) is 9.37 Å². The summed E-state index contributed by atoms with van der Waals surface area (Å²) in [5, 5.41) is 2.79. The number of pyridine rings is 1. The number of benzene rings is 2. The normalized spacial score (nSPS) is 10.4. The maximum Gasteiger partial charge on any atom is 0.255 e. The van der Waals surface area contributed by atoms with Crippen LogP contribution in [0.5, 0.6) is 0 Å². The summed E-state index contributed by atoms with van der Waals surface area (Å²) < 4.78 is 13.0. The van der Waals surface area contributed by atoms with Gasteiger partial charge < -0.3 is 5.32 Å². The highest BCUT2D eigenvalue weighted by atomic mass is 19.1. The molecular formula is C22H20FN3O2. The van der Waals surface area contributed by atoms with E-state index in [-0.39, 0.29) is 30.0 Å². The molecule has 1 N–H and O–H groups in total. The van der Waals surface area contributed by atoms with Crippen LogP contribution in [-0.2, 0) is 11.3 Å². The molecule has 3 rings (SSSR count). The first kappa shape index (κ1) is 19.2. The molecule has 0 fully saturated rings. The summed E-state index contributed by atoms with van der Waals surface area (Å²) in [6.45, 7) is 1.65. The van der Waals surface area contributed by atoms with Crippen molar-refractivity contribution in [1.82, 2.24) is 10.3 Å². The minimum absolute atomic E-state index is 0.231. The highest BCUT2D eigenvalue weighted by molar-refractivity contribution is 6.03. The second-order valence-electron chi connectivity index (χ2n) is 6.32. The zero-order valence-corrected chi connectivity index (χ0v) is 15.6. The minimum atomic E-state index is -0.362. The SMILES string of the molecule is CC(=O)N(C)c1nc(-c2ccccc2)ccc1C(=O)NCc1ccc(F)cc1. The van der Waals surface area contributed by atoms with E-state index in [9.17, 15) is 14.0 Å². The number of anilines is 1. The van der Waals surface area contributed by atoms with Crippen molar-refractivity contribution in [3.8, 4) is 11.3 Å². The average molecular weight is 377 g/mol. The van der Waals surface area contributed by atoms with Crippen molar-refractivity contribution in [2.45, 2.75) is 13.5 Å². The Morgan fingerprint density at radius 1 is 1.00 bits per heavy atom. The van der Waals surface area contributed by atoms with Gasteiger partial charge in [-0.1, -0.05) is 42.5 Å². The molecule has 1 aromatic heterocycles. The van der Waals surface area contributed by atoms with E-state index < -0.39 is 0 Å². The number of amides is 2. The molecule has 0 aliphatic carbocycles. The van der Waals surface area contributed by atoms with Crippen LogP contribution in [0.1, 0.15) is 22.8 Å². The zero-order chi connectivity index (χ0) is 20.1. The van der Waals surface area contributed by atoms with E-state index in [4.69, 9.17) is 0 Å². The topological polar surface area (TPSA) is 62.3 Å². The fourth-order valence-electron chi connectivity index (χ4n) is 2.68. The summed E-state index contributed by atoms with van der Waals surface area (Å²) in [5.74, 6) is -0.642.